The fourth-order valence-corrected chi connectivity index (χ4v) is 2.44. The summed E-state index contributed by atoms with van der Waals surface area (Å²) in [5.74, 6) is 0. The molecule has 1 fully saturated rings. The minimum absolute atomic E-state index is 0.0347. The Labute approximate surface area is 133 Å². The summed E-state index contributed by atoms with van der Waals surface area (Å²) in [7, 11) is 0. The number of rotatable bonds is 11. The zero-order valence-electron chi connectivity index (χ0n) is 13.7. The largest absolute Gasteiger partial charge is 0.388 e. The number of allylic oxidation sites excluding steroid dienone is 2. The number of unbranched alkanes of at least 4 members (excludes halogenated alkanes) is 5. The van der Waals surface area contributed by atoms with Crippen molar-refractivity contribution in [1.29, 1.82) is 0 Å². The molecule has 0 aromatic rings. The lowest BCUT2D eigenvalue weighted by molar-refractivity contribution is -0.199. The lowest BCUT2D eigenvalue weighted by Crippen LogP contribution is -2.54. The van der Waals surface area contributed by atoms with Gasteiger partial charge in [-0.1, -0.05) is 38.3 Å². The Morgan fingerprint density at radius 3 is 2.45 bits per heavy atom. The SMILES string of the molecule is CCCCCC/C=C/CCCOC[C@H]1OC[C@H](O)[C@@H](O)[C@@H]1O. The Bertz CT molecular complexity index is 295. The van der Waals surface area contributed by atoms with Crippen LogP contribution in [0.4, 0.5) is 0 Å². The highest BCUT2D eigenvalue weighted by Gasteiger charge is 2.37. The van der Waals surface area contributed by atoms with E-state index in [1.807, 2.05) is 0 Å². The molecule has 0 bridgehead atoms. The predicted molar refractivity (Wildman–Crippen MR) is 85.7 cm³/mol. The second kappa shape index (κ2) is 12.0. The summed E-state index contributed by atoms with van der Waals surface area (Å²) < 4.78 is 10.7. The fraction of sp³-hybridized carbons (Fsp3) is 0.882. The van der Waals surface area contributed by atoms with Crippen LogP contribution >= 0.6 is 0 Å². The van der Waals surface area contributed by atoms with Crippen LogP contribution < -0.4 is 0 Å². The van der Waals surface area contributed by atoms with Crippen molar-refractivity contribution in [3.05, 3.63) is 12.2 Å². The lowest BCUT2D eigenvalue weighted by atomic mass is 10.0. The maximum atomic E-state index is 9.74. The quantitative estimate of drug-likeness (QED) is 0.400. The lowest BCUT2D eigenvalue weighted by Gasteiger charge is -2.35. The zero-order chi connectivity index (χ0) is 16.2. The Kier molecular flexibility index (Phi) is 10.7. The summed E-state index contributed by atoms with van der Waals surface area (Å²) in [5.41, 5.74) is 0. The Morgan fingerprint density at radius 2 is 1.73 bits per heavy atom. The van der Waals surface area contributed by atoms with Crippen LogP contribution in [0.25, 0.3) is 0 Å². The Hall–Kier alpha value is -0.460. The van der Waals surface area contributed by atoms with Crippen molar-refractivity contribution in [3.8, 4) is 0 Å². The van der Waals surface area contributed by atoms with E-state index < -0.39 is 24.4 Å². The van der Waals surface area contributed by atoms with E-state index in [0.29, 0.717) is 6.61 Å². The molecule has 0 aromatic heterocycles. The maximum Gasteiger partial charge on any atom is 0.111 e. The first-order valence-corrected chi connectivity index (χ1v) is 8.55. The van der Waals surface area contributed by atoms with Gasteiger partial charge in [-0.25, -0.2) is 0 Å². The molecular formula is C17H32O5. The van der Waals surface area contributed by atoms with E-state index in [-0.39, 0.29) is 13.2 Å². The van der Waals surface area contributed by atoms with Gasteiger partial charge in [-0.15, -0.1) is 0 Å². The second-order valence-electron chi connectivity index (χ2n) is 5.96. The highest BCUT2D eigenvalue weighted by Crippen LogP contribution is 2.15. The van der Waals surface area contributed by atoms with Crippen LogP contribution in [0.1, 0.15) is 51.9 Å². The molecule has 130 valence electrons. The summed E-state index contributed by atoms with van der Waals surface area (Å²) in [6, 6.07) is 0. The topological polar surface area (TPSA) is 79.2 Å². The van der Waals surface area contributed by atoms with Gasteiger partial charge in [-0.05, 0) is 25.7 Å². The second-order valence-corrected chi connectivity index (χ2v) is 5.96. The van der Waals surface area contributed by atoms with Crippen LogP contribution in [0.2, 0.25) is 0 Å². The van der Waals surface area contributed by atoms with Gasteiger partial charge < -0.3 is 24.8 Å². The molecule has 0 aromatic carbocycles. The monoisotopic (exact) mass is 316 g/mol. The molecule has 0 aliphatic carbocycles. The average Bonchev–Trinajstić information content (AvgIpc) is 2.52. The van der Waals surface area contributed by atoms with Crippen molar-refractivity contribution >= 4 is 0 Å². The van der Waals surface area contributed by atoms with Gasteiger partial charge in [0.25, 0.3) is 0 Å². The molecule has 1 saturated heterocycles. The summed E-state index contributed by atoms with van der Waals surface area (Å²) in [5, 5.41) is 28.6. The molecular weight excluding hydrogens is 284 g/mol. The van der Waals surface area contributed by atoms with Gasteiger partial charge in [0.2, 0.25) is 0 Å². The molecule has 0 radical (unpaired) electrons. The molecule has 1 heterocycles. The molecule has 1 aliphatic heterocycles. The van der Waals surface area contributed by atoms with Crippen molar-refractivity contribution < 1.29 is 24.8 Å². The number of aliphatic hydroxyl groups excluding tert-OH is 3. The molecule has 1 rings (SSSR count). The van der Waals surface area contributed by atoms with Crippen LogP contribution in [0.5, 0.6) is 0 Å². The molecule has 0 spiro atoms. The highest BCUT2D eigenvalue weighted by molar-refractivity contribution is 4.86. The van der Waals surface area contributed by atoms with Crippen LogP contribution in [0.15, 0.2) is 12.2 Å². The molecule has 4 atom stereocenters. The van der Waals surface area contributed by atoms with E-state index >= 15 is 0 Å². The van der Waals surface area contributed by atoms with Crippen LogP contribution in [-0.2, 0) is 9.47 Å². The van der Waals surface area contributed by atoms with Crippen LogP contribution in [0, 0.1) is 0 Å². The Morgan fingerprint density at radius 1 is 1.00 bits per heavy atom. The normalized spacial score (nSPS) is 29.3. The Balaban J connectivity index is 1.96. The third-order valence-electron chi connectivity index (χ3n) is 3.94. The number of ether oxygens (including phenoxy) is 2. The summed E-state index contributed by atoms with van der Waals surface area (Å²) in [4.78, 5) is 0. The van der Waals surface area contributed by atoms with Gasteiger partial charge in [0, 0.05) is 6.61 Å². The number of hydrogen-bond acceptors (Lipinski definition) is 5. The standard InChI is InChI=1S/C17H32O5/c1-2-3-4-5-6-7-8-9-10-11-21-13-15-17(20)16(19)14(18)12-22-15/h7-8,14-20H,2-6,9-13H2,1H3/b8-7+/t14-,15+,16+,17+/m0/s1. The summed E-state index contributed by atoms with van der Waals surface area (Å²) >= 11 is 0. The molecule has 0 unspecified atom stereocenters. The predicted octanol–water partition coefficient (Wildman–Crippen LogP) is 1.79. The van der Waals surface area contributed by atoms with E-state index in [9.17, 15) is 15.3 Å². The number of hydrogen-bond donors (Lipinski definition) is 3. The fourth-order valence-electron chi connectivity index (χ4n) is 2.44. The molecule has 0 amide bonds. The molecule has 5 nitrogen and oxygen atoms in total. The van der Waals surface area contributed by atoms with Crippen molar-refractivity contribution in [2.45, 2.75) is 76.3 Å². The minimum Gasteiger partial charge on any atom is -0.388 e. The first kappa shape index (κ1) is 19.6. The van der Waals surface area contributed by atoms with Gasteiger partial charge in [-0.2, -0.15) is 0 Å². The number of aliphatic hydroxyl groups is 3. The minimum atomic E-state index is -1.15. The van der Waals surface area contributed by atoms with E-state index in [0.717, 1.165) is 19.3 Å². The van der Waals surface area contributed by atoms with Crippen molar-refractivity contribution in [1.82, 2.24) is 0 Å². The molecule has 1 aliphatic rings. The van der Waals surface area contributed by atoms with Crippen molar-refractivity contribution in [2.24, 2.45) is 0 Å². The van der Waals surface area contributed by atoms with Gasteiger partial charge in [-0.3, -0.25) is 0 Å². The van der Waals surface area contributed by atoms with Gasteiger partial charge in [0.15, 0.2) is 0 Å². The van der Waals surface area contributed by atoms with Crippen LogP contribution in [0.3, 0.4) is 0 Å². The molecule has 3 N–H and O–H groups in total. The smallest absolute Gasteiger partial charge is 0.111 e. The molecule has 0 saturated carbocycles. The van der Waals surface area contributed by atoms with Crippen molar-refractivity contribution in [2.75, 3.05) is 19.8 Å². The van der Waals surface area contributed by atoms with Gasteiger partial charge in [0.1, 0.15) is 24.4 Å². The highest BCUT2D eigenvalue weighted by atomic mass is 16.6. The van der Waals surface area contributed by atoms with E-state index in [1.165, 1.54) is 25.7 Å². The van der Waals surface area contributed by atoms with Gasteiger partial charge >= 0.3 is 0 Å². The van der Waals surface area contributed by atoms with E-state index in [1.54, 1.807) is 0 Å². The first-order chi connectivity index (χ1) is 10.7. The van der Waals surface area contributed by atoms with Crippen LogP contribution in [-0.4, -0.2) is 59.6 Å². The first-order valence-electron chi connectivity index (χ1n) is 8.55. The van der Waals surface area contributed by atoms with E-state index in [2.05, 4.69) is 19.1 Å². The van der Waals surface area contributed by atoms with E-state index in [4.69, 9.17) is 9.47 Å². The maximum absolute atomic E-state index is 9.74. The average molecular weight is 316 g/mol. The summed E-state index contributed by atoms with van der Waals surface area (Å²) in [6.45, 7) is 3.10. The molecule has 5 heteroatoms. The molecule has 22 heavy (non-hydrogen) atoms. The van der Waals surface area contributed by atoms with Crippen molar-refractivity contribution in [3.63, 3.8) is 0 Å². The third kappa shape index (κ3) is 7.70. The zero-order valence-corrected chi connectivity index (χ0v) is 13.7. The summed E-state index contributed by atoms with van der Waals surface area (Å²) in [6.07, 6.45) is 8.86. The third-order valence-corrected chi connectivity index (χ3v) is 3.94. The van der Waals surface area contributed by atoms with Gasteiger partial charge in [0.05, 0.1) is 13.2 Å².